The van der Waals surface area contributed by atoms with Crippen molar-refractivity contribution in [2.45, 2.75) is 6.92 Å². The van der Waals surface area contributed by atoms with Crippen molar-refractivity contribution in [2.75, 3.05) is 36.0 Å². The summed E-state index contributed by atoms with van der Waals surface area (Å²) in [7, 11) is 0. The summed E-state index contributed by atoms with van der Waals surface area (Å²) in [6.07, 6.45) is 0. The summed E-state index contributed by atoms with van der Waals surface area (Å²) >= 11 is 0. The first-order valence-corrected chi connectivity index (χ1v) is 7.18. The van der Waals surface area contributed by atoms with Crippen LogP contribution in [0.3, 0.4) is 0 Å². The first-order valence-electron chi connectivity index (χ1n) is 7.18. The zero-order valence-electron chi connectivity index (χ0n) is 12.3. The lowest BCUT2D eigenvalue weighted by Gasteiger charge is -2.36. The fraction of sp³-hybridized carbons (Fsp3) is 0.312. The second-order valence-corrected chi connectivity index (χ2v) is 5.25. The van der Waals surface area contributed by atoms with Crippen molar-refractivity contribution in [3.05, 3.63) is 47.4 Å². The van der Waals surface area contributed by atoms with Crippen LogP contribution in [0.4, 0.5) is 15.9 Å². The lowest BCUT2D eigenvalue weighted by molar-refractivity contribution is 0.614. The SMILES string of the molecule is Cc1ccc(N2CCN(c3cccc(F)c3C#N)CC2)nn1. The van der Waals surface area contributed by atoms with E-state index in [2.05, 4.69) is 15.1 Å². The highest BCUT2D eigenvalue weighted by molar-refractivity contribution is 5.60. The molecule has 5 nitrogen and oxygen atoms in total. The summed E-state index contributed by atoms with van der Waals surface area (Å²) in [6.45, 7) is 4.86. The van der Waals surface area contributed by atoms with Crippen LogP contribution in [0.25, 0.3) is 0 Å². The summed E-state index contributed by atoms with van der Waals surface area (Å²) in [5.74, 6) is 0.386. The van der Waals surface area contributed by atoms with E-state index >= 15 is 0 Å². The number of benzene rings is 1. The van der Waals surface area contributed by atoms with E-state index in [-0.39, 0.29) is 5.56 Å². The maximum atomic E-state index is 13.7. The third kappa shape index (κ3) is 2.70. The second kappa shape index (κ2) is 5.98. The highest BCUT2D eigenvalue weighted by atomic mass is 19.1. The molecule has 0 radical (unpaired) electrons. The molecule has 0 amide bonds. The Hall–Kier alpha value is -2.68. The van der Waals surface area contributed by atoms with E-state index < -0.39 is 5.82 Å². The van der Waals surface area contributed by atoms with Gasteiger partial charge in [0.2, 0.25) is 0 Å². The Balaban J connectivity index is 1.74. The van der Waals surface area contributed by atoms with E-state index in [0.29, 0.717) is 18.8 Å². The quantitative estimate of drug-likeness (QED) is 0.850. The van der Waals surface area contributed by atoms with Gasteiger partial charge in [-0.3, -0.25) is 0 Å². The van der Waals surface area contributed by atoms with E-state index in [1.165, 1.54) is 6.07 Å². The van der Waals surface area contributed by atoms with E-state index in [0.717, 1.165) is 24.6 Å². The van der Waals surface area contributed by atoms with Gasteiger partial charge in [0.05, 0.1) is 11.4 Å². The minimum absolute atomic E-state index is 0.117. The van der Waals surface area contributed by atoms with Crippen molar-refractivity contribution in [1.29, 1.82) is 5.26 Å². The molecule has 0 spiro atoms. The molecule has 0 saturated carbocycles. The third-order valence-corrected chi connectivity index (χ3v) is 3.83. The van der Waals surface area contributed by atoms with E-state index in [9.17, 15) is 4.39 Å². The number of rotatable bonds is 2. The molecule has 0 atom stereocenters. The molecule has 1 aromatic heterocycles. The maximum Gasteiger partial charge on any atom is 0.151 e. The Labute approximate surface area is 128 Å². The maximum absolute atomic E-state index is 13.7. The van der Waals surface area contributed by atoms with E-state index in [4.69, 9.17) is 5.26 Å². The summed E-state index contributed by atoms with van der Waals surface area (Å²) in [5.41, 5.74) is 1.67. The van der Waals surface area contributed by atoms with Crippen LogP contribution in [-0.2, 0) is 0 Å². The van der Waals surface area contributed by atoms with Crippen LogP contribution in [0.2, 0.25) is 0 Å². The summed E-state index contributed by atoms with van der Waals surface area (Å²) < 4.78 is 13.7. The van der Waals surface area contributed by atoms with Crippen LogP contribution in [0.1, 0.15) is 11.3 Å². The molecule has 2 aromatic rings. The topological polar surface area (TPSA) is 56.0 Å². The van der Waals surface area contributed by atoms with Gasteiger partial charge in [-0.05, 0) is 31.2 Å². The Morgan fingerprint density at radius 3 is 2.41 bits per heavy atom. The predicted octanol–water partition coefficient (Wildman–Crippen LogP) is 2.12. The van der Waals surface area contributed by atoms with Crippen LogP contribution < -0.4 is 9.80 Å². The van der Waals surface area contributed by atoms with Gasteiger partial charge in [0.15, 0.2) is 5.82 Å². The van der Waals surface area contributed by atoms with Crippen molar-refractivity contribution in [2.24, 2.45) is 0 Å². The minimum atomic E-state index is -0.466. The molecule has 1 fully saturated rings. The second-order valence-electron chi connectivity index (χ2n) is 5.25. The zero-order chi connectivity index (χ0) is 15.5. The molecule has 1 aliphatic heterocycles. The standard InChI is InChI=1S/C16H16FN5/c1-12-5-6-16(20-19-12)22-9-7-21(8-10-22)15-4-2-3-14(17)13(15)11-18/h2-6H,7-10H2,1H3. The molecule has 1 aromatic carbocycles. The van der Waals surface area contributed by atoms with E-state index in [1.54, 1.807) is 12.1 Å². The monoisotopic (exact) mass is 297 g/mol. The van der Waals surface area contributed by atoms with E-state index in [1.807, 2.05) is 30.0 Å². The normalized spacial score (nSPS) is 14.8. The Morgan fingerprint density at radius 1 is 1.05 bits per heavy atom. The highest BCUT2D eigenvalue weighted by Gasteiger charge is 2.21. The fourth-order valence-corrected chi connectivity index (χ4v) is 2.62. The number of nitrogens with zero attached hydrogens (tertiary/aromatic N) is 5. The summed E-state index contributed by atoms with van der Waals surface area (Å²) in [6, 6.07) is 10.6. The fourth-order valence-electron chi connectivity index (χ4n) is 2.62. The van der Waals surface area contributed by atoms with Crippen molar-refractivity contribution >= 4 is 11.5 Å². The van der Waals surface area contributed by atoms with Gasteiger partial charge in [-0.2, -0.15) is 10.4 Å². The summed E-state index contributed by atoms with van der Waals surface area (Å²) in [5, 5.41) is 17.4. The number of anilines is 2. The number of piperazine rings is 1. The Bertz CT molecular complexity index is 699. The van der Waals surface area contributed by atoms with Crippen LogP contribution >= 0.6 is 0 Å². The van der Waals surface area contributed by atoms with Gasteiger partial charge in [0, 0.05) is 26.2 Å². The van der Waals surface area contributed by atoms with Crippen LogP contribution in [0.5, 0.6) is 0 Å². The largest absolute Gasteiger partial charge is 0.367 e. The molecule has 0 N–H and O–H groups in total. The molecule has 0 bridgehead atoms. The van der Waals surface area contributed by atoms with Gasteiger partial charge in [0.25, 0.3) is 0 Å². The molecule has 3 rings (SSSR count). The molecule has 112 valence electrons. The number of aryl methyl sites for hydroxylation is 1. The van der Waals surface area contributed by atoms with Crippen molar-refractivity contribution in [3.63, 3.8) is 0 Å². The molecule has 6 heteroatoms. The molecular weight excluding hydrogens is 281 g/mol. The lowest BCUT2D eigenvalue weighted by atomic mass is 10.1. The Morgan fingerprint density at radius 2 is 1.77 bits per heavy atom. The third-order valence-electron chi connectivity index (χ3n) is 3.83. The molecular formula is C16H16FN5. The number of hydrogen-bond donors (Lipinski definition) is 0. The molecule has 0 aliphatic carbocycles. The average Bonchev–Trinajstić information content (AvgIpc) is 2.55. The Kier molecular flexibility index (Phi) is 3.88. The lowest BCUT2D eigenvalue weighted by Crippen LogP contribution is -2.47. The van der Waals surface area contributed by atoms with Crippen molar-refractivity contribution in [3.8, 4) is 6.07 Å². The number of nitriles is 1. The molecule has 1 aliphatic rings. The number of halogens is 1. The number of aromatic nitrogens is 2. The van der Waals surface area contributed by atoms with Crippen molar-refractivity contribution in [1.82, 2.24) is 10.2 Å². The molecule has 1 saturated heterocycles. The minimum Gasteiger partial charge on any atom is -0.367 e. The highest BCUT2D eigenvalue weighted by Crippen LogP contribution is 2.24. The van der Waals surface area contributed by atoms with Crippen LogP contribution in [0, 0.1) is 24.1 Å². The smallest absolute Gasteiger partial charge is 0.151 e. The van der Waals surface area contributed by atoms with Gasteiger partial charge in [-0.1, -0.05) is 6.07 Å². The average molecular weight is 297 g/mol. The number of hydrogen-bond acceptors (Lipinski definition) is 5. The van der Waals surface area contributed by atoms with Gasteiger partial charge in [-0.25, -0.2) is 4.39 Å². The molecule has 0 unspecified atom stereocenters. The van der Waals surface area contributed by atoms with Gasteiger partial charge >= 0.3 is 0 Å². The first-order chi connectivity index (χ1) is 10.7. The molecule has 22 heavy (non-hydrogen) atoms. The van der Waals surface area contributed by atoms with Gasteiger partial charge in [0.1, 0.15) is 17.4 Å². The zero-order valence-corrected chi connectivity index (χ0v) is 12.3. The molecule has 2 heterocycles. The predicted molar refractivity (Wildman–Crippen MR) is 82.3 cm³/mol. The van der Waals surface area contributed by atoms with Crippen molar-refractivity contribution < 1.29 is 4.39 Å². The van der Waals surface area contributed by atoms with Crippen LogP contribution in [0.15, 0.2) is 30.3 Å². The first kappa shape index (κ1) is 14.3. The van der Waals surface area contributed by atoms with Gasteiger partial charge in [-0.15, -0.1) is 5.10 Å². The van der Waals surface area contributed by atoms with Gasteiger partial charge < -0.3 is 9.80 Å². The summed E-state index contributed by atoms with van der Waals surface area (Å²) in [4.78, 5) is 4.19. The van der Waals surface area contributed by atoms with Crippen LogP contribution in [-0.4, -0.2) is 36.4 Å².